The molecule has 1 rings (SSSR count). The van der Waals surface area contributed by atoms with E-state index in [1.165, 1.54) is 19.2 Å². The van der Waals surface area contributed by atoms with Gasteiger partial charge in [-0.25, -0.2) is 4.79 Å². The quantitative estimate of drug-likeness (QED) is 0.818. The average Bonchev–Trinajstić information content (AvgIpc) is 2.17. The first kappa shape index (κ1) is 11.1. The summed E-state index contributed by atoms with van der Waals surface area (Å²) in [4.78, 5) is 10.7. The van der Waals surface area contributed by atoms with Crippen molar-refractivity contribution in [1.82, 2.24) is 0 Å². The van der Waals surface area contributed by atoms with E-state index in [-0.39, 0.29) is 0 Å². The molecule has 0 spiro atoms. The van der Waals surface area contributed by atoms with Crippen LogP contribution in [0.2, 0.25) is 0 Å². The minimum absolute atomic E-state index is 0.300. The van der Waals surface area contributed by atoms with Gasteiger partial charge in [0, 0.05) is 0 Å². The van der Waals surface area contributed by atoms with Crippen molar-refractivity contribution in [3.8, 4) is 5.75 Å². The molecule has 1 N–H and O–H groups in total. The number of methoxy groups -OCH3 is 1. The largest absolute Gasteiger partial charge is 0.497 e. The second-order valence-corrected chi connectivity index (χ2v) is 3.94. The van der Waals surface area contributed by atoms with Crippen LogP contribution >= 0.6 is 23.2 Å². The summed E-state index contributed by atoms with van der Waals surface area (Å²) in [6.07, 6.45) is 0. The molecule has 0 fully saturated rings. The summed E-state index contributed by atoms with van der Waals surface area (Å²) >= 11 is 11.2. The third kappa shape index (κ3) is 2.11. The highest BCUT2D eigenvalue weighted by atomic mass is 35.5. The smallest absolute Gasteiger partial charge is 0.344 e. The van der Waals surface area contributed by atoms with Crippen molar-refractivity contribution in [2.75, 3.05) is 7.11 Å². The van der Waals surface area contributed by atoms with E-state index in [0.717, 1.165) is 0 Å². The zero-order chi connectivity index (χ0) is 10.8. The Balaban J connectivity index is 3.02. The number of alkyl halides is 2. The standard InChI is InChI=1S/C9H8Cl2O3/c1-14-7-4-2-6(3-5-7)9(10,11)8(12)13/h2-5H,1H3,(H,12,13). The molecule has 0 amide bonds. The van der Waals surface area contributed by atoms with Gasteiger partial charge in [0.15, 0.2) is 0 Å². The Bertz CT molecular complexity index is 332. The van der Waals surface area contributed by atoms with Crippen LogP contribution in [0.5, 0.6) is 5.75 Å². The van der Waals surface area contributed by atoms with E-state index < -0.39 is 10.3 Å². The monoisotopic (exact) mass is 234 g/mol. The zero-order valence-corrected chi connectivity index (χ0v) is 8.84. The van der Waals surface area contributed by atoms with Crippen LogP contribution in [-0.2, 0) is 9.13 Å². The normalized spacial score (nSPS) is 11.1. The van der Waals surface area contributed by atoms with Crippen molar-refractivity contribution in [2.24, 2.45) is 0 Å². The maximum Gasteiger partial charge on any atom is 0.344 e. The number of rotatable bonds is 3. The van der Waals surface area contributed by atoms with Crippen LogP contribution in [-0.4, -0.2) is 18.2 Å². The van der Waals surface area contributed by atoms with E-state index >= 15 is 0 Å². The molecule has 0 bridgehead atoms. The SMILES string of the molecule is COc1ccc(C(Cl)(Cl)C(=O)O)cc1. The average molecular weight is 235 g/mol. The van der Waals surface area contributed by atoms with E-state index in [1.807, 2.05) is 0 Å². The predicted molar refractivity (Wildman–Crippen MR) is 54.0 cm³/mol. The maximum atomic E-state index is 10.7. The van der Waals surface area contributed by atoms with Crippen LogP contribution in [0.1, 0.15) is 5.56 Å². The maximum absolute atomic E-state index is 10.7. The summed E-state index contributed by atoms with van der Waals surface area (Å²) in [5, 5.41) is 8.73. The molecule has 14 heavy (non-hydrogen) atoms. The lowest BCUT2D eigenvalue weighted by atomic mass is 10.1. The fraction of sp³-hybridized carbons (Fsp3) is 0.222. The predicted octanol–water partition coefficient (Wildman–Crippen LogP) is 2.41. The molecule has 0 saturated heterocycles. The number of halogens is 2. The Hall–Kier alpha value is -0.930. The summed E-state index contributed by atoms with van der Waals surface area (Å²) in [6, 6.07) is 6.20. The molecule has 0 atom stereocenters. The molecule has 1 aromatic carbocycles. The Kier molecular flexibility index (Phi) is 3.24. The minimum Gasteiger partial charge on any atom is -0.497 e. The van der Waals surface area contributed by atoms with Gasteiger partial charge in [-0.1, -0.05) is 35.3 Å². The highest BCUT2D eigenvalue weighted by Crippen LogP contribution is 2.34. The number of carboxylic acids is 1. The van der Waals surface area contributed by atoms with Gasteiger partial charge in [0.1, 0.15) is 5.75 Å². The number of ether oxygens (including phenoxy) is 1. The van der Waals surface area contributed by atoms with Gasteiger partial charge in [-0.05, 0) is 17.7 Å². The zero-order valence-electron chi connectivity index (χ0n) is 7.33. The number of carbonyl (C=O) groups is 1. The van der Waals surface area contributed by atoms with Gasteiger partial charge in [0.2, 0.25) is 4.33 Å². The Labute approximate surface area is 91.2 Å². The number of aliphatic carboxylic acids is 1. The van der Waals surface area contributed by atoms with Crippen LogP contribution in [0.15, 0.2) is 24.3 Å². The minimum atomic E-state index is -1.91. The summed E-state index contributed by atoms with van der Waals surface area (Å²) in [6.45, 7) is 0. The third-order valence-electron chi connectivity index (χ3n) is 1.72. The fourth-order valence-corrected chi connectivity index (χ4v) is 1.18. The van der Waals surface area contributed by atoms with Crippen molar-refractivity contribution in [3.05, 3.63) is 29.8 Å². The molecule has 0 aromatic heterocycles. The van der Waals surface area contributed by atoms with Crippen molar-refractivity contribution >= 4 is 29.2 Å². The summed E-state index contributed by atoms with van der Waals surface area (Å²) in [7, 11) is 1.51. The summed E-state index contributed by atoms with van der Waals surface area (Å²) in [5.74, 6) is -0.686. The fourth-order valence-electron chi connectivity index (χ4n) is 0.924. The molecule has 0 radical (unpaired) electrons. The van der Waals surface area contributed by atoms with Crippen LogP contribution in [0, 0.1) is 0 Å². The van der Waals surface area contributed by atoms with Crippen molar-refractivity contribution < 1.29 is 14.6 Å². The van der Waals surface area contributed by atoms with Crippen LogP contribution in [0.3, 0.4) is 0 Å². The molecule has 0 unspecified atom stereocenters. The lowest BCUT2D eigenvalue weighted by molar-refractivity contribution is -0.138. The van der Waals surface area contributed by atoms with E-state index in [0.29, 0.717) is 11.3 Å². The first-order valence-corrected chi connectivity index (χ1v) is 4.50. The number of carboxylic acid groups (broad SMARTS) is 1. The molecule has 0 saturated carbocycles. The number of hydrogen-bond donors (Lipinski definition) is 1. The Morgan fingerprint density at radius 1 is 1.36 bits per heavy atom. The molecule has 5 heteroatoms. The van der Waals surface area contributed by atoms with E-state index in [4.69, 9.17) is 33.0 Å². The number of hydrogen-bond acceptors (Lipinski definition) is 2. The van der Waals surface area contributed by atoms with Crippen LogP contribution < -0.4 is 4.74 Å². The van der Waals surface area contributed by atoms with Gasteiger partial charge in [-0.15, -0.1) is 0 Å². The lowest BCUT2D eigenvalue weighted by Crippen LogP contribution is -2.22. The molecular weight excluding hydrogens is 227 g/mol. The highest BCUT2D eigenvalue weighted by Gasteiger charge is 2.35. The van der Waals surface area contributed by atoms with E-state index in [2.05, 4.69) is 0 Å². The molecule has 3 nitrogen and oxygen atoms in total. The van der Waals surface area contributed by atoms with Crippen LogP contribution in [0.25, 0.3) is 0 Å². The molecule has 76 valence electrons. The molecule has 0 heterocycles. The Morgan fingerprint density at radius 2 is 1.86 bits per heavy atom. The second-order valence-electron chi connectivity index (χ2n) is 2.61. The van der Waals surface area contributed by atoms with Crippen molar-refractivity contribution in [2.45, 2.75) is 4.33 Å². The van der Waals surface area contributed by atoms with Crippen molar-refractivity contribution in [1.29, 1.82) is 0 Å². The molecule has 0 aliphatic rings. The summed E-state index contributed by atoms with van der Waals surface area (Å²) in [5.41, 5.74) is 0.300. The molecular formula is C9H8Cl2O3. The van der Waals surface area contributed by atoms with Gasteiger partial charge >= 0.3 is 5.97 Å². The first-order valence-electron chi connectivity index (χ1n) is 3.74. The van der Waals surface area contributed by atoms with Gasteiger partial charge in [-0.2, -0.15) is 0 Å². The molecule has 0 aliphatic carbocycles. The van der Waals surface area contributed by atoms with E-state index in [1.54, 1.807) is 12.1 Å². The summed E-state index contributed by atoms with van der Waals surface area (Å²) < 4.78 is 3.00. The third-order valence-corrected chi connectivity index (χ3v) is 2.48. The lowest BCUT2D eigenvalue weighted by Gasteiger charge is -2.14. The van der Waals surface area contributed by atoms with Crippen molar-refractivity contribution in [3.63, 3.8) is 0 Å². The van der Waals surface area contributed by atoms with Gasteiger partial charge < -0.3 is 9.84 Å². The Morgan fingerprint density at radius 3 is 2.21 bits per heavy atom. The number of benzene rings is 1. The first-order chi connectivity index (χ1) is 6.48. The van der Waals surface area contributed by atoms with Gasteiger partial charge in [0.05, 0.1) is 7.11 Å². The molecule has 1 aromatic rings. The molecule has 0 aliphatic heterocycles. The van der Waals surface area contributed by atoms with E-state index in [9.17, 15) is 4.79 Å². The highest BCUT2D eigenvalue weighted by molar-refractivity contribution is 6.56. The second kappa shape index (κ2) is 4.07. The van der Waals surface area contributed by atoms with Crippen LogP contribution in [0.4, 0.5) is 0 Å². The van der Waals surface area contributed by atoms with Gasteiger partial charge in [-0.3, -0.25) is 0 Å². The van der Waals surface area contributed by atoms with Gasteiger partial charge in [0.25, 0.3) is 0 Å². The topological polar surface area (TPSA) is 46.5 Å².